The van der Waals surface area contributed by atoms with Gasteiger partial charge in [0, 0.05) is 44.7 Å². The summed E-state index contributed by atoms with van der Waals surface area (Å²) in [6.07, 6.45) is 7.85. The first-order valence-corrected chi connectivity index (χ1v) is 11.8. The van der Waals surface area contributed by atoms with E-state index in [1.54, 1.807) is 0 Å². The van der Waals surface area contributed by atoms with Crippen molar-refractivity contribution in [2.75, 3.05) is 32.7 Å². The number of carbonyl (C=O) groups excluding carboxylic acids is 1. The Balaban J connectivity index is 1.40. The van der Waals surface area contributed by atoms with Crippen LogP contribution in [-0.4, -0.2) is 48.3 Å². The van der Waals surface area contributed by atoms with Crippen molar-refractivity contribution in [3.8, 4) is 0 Å². The van der Waals surface area contributed by atoms with E-state index in [0.29, 0.717) is 5.78 Å². The highest BCUT2D eigenvalue weighted by Gasteiger charge is 2.51. The quantitative estimate of drug-likeness (QED) is 0.732. The minimum absolute atomic E-state index is 0.296. The molecular weight excluding hydrogens is 368 g/mol. The van der Waals surface area contributed by atoms with Gasteiger partial charge in [-0.25, -0.2) is 0 Å². The van der Waals surface area contributed by atoms with Gasteiger partial charge in [0.05, 0.1) is 0 Å². The lowest BCUT2D eigenvalue weighted by atomic mass is 9.82. The maximum absolute atomic E-state index is 13.9. The number of hydrogen-bond acceptors (Lipinski definition) is 3. The molecule has 3 nitrogen and oxygen atoms in total. The van der Waals surface area contributed by atoms with Crippen LogP contribution in [-0.2, 0) is 12.0 Å². The average Bonchev–Trinajstić information content (AvgIpc) is 3.09. The summed E-state index contributed by atoms with van der Waals surface area (Å²) in [7, 11) is 0. The highest BCUT2D eigenvalue weighted by atomic mass is 16.1. The van der Waals surface area contributed by atoms with Crippen LogP contribution in [0, 0.1) is 12.8 Å². The molecular formula is C27H34N2O. The molecule has 0 spiro atoms. The van der Waals surface area contributed by atoms with Gasteiger partial charge in [0.15, 0.2) is 5.78 Å². The standard InChI is InChI=1S/C27H34N2O/c1-21-8-7-12-24(18-21)27(19-23-11-5-6-13-25(23)26(27)30)29-16-14-28(15-17-29)20-22-9-3-2-4-10-22/h5-8,11-13,18,22H,2-4,9-10,14-17,19-20H2,1H3. The summed E-state index contributed by atoms with van der Waals surface area (Å²) in [5.74, 6) is 1.18. The van der Waals surface area contributed by atoms with Crippen molar-refractivity contribution >= 4 is 5.78 Å². The lowest BCUT2D eigenvalue weighted by Gasteiger charge is -2.46. The molecule has 0 amide bonds. The molecule has 2 aliphatic carbocycles. The van der Waals surface area contributed by atoms with Crippen LogP contribution in [0.4, 0.5) is 0 Å². The van der Waals surface area contributed by atoms with Crippen LogP contribution in [0.2, 0.25) is 0 Å². The van der Waals surface area contributed by atoms with Crippen LogP contribution < -0.4 is 0 Å². The summed E-state index contributed by atoms with van der Waals surface area (Å²) >= 11 is 0. The van der Waals surface area contributed by atoms with Crippen molar-refractivity contribution in [2.45, 2.75) is 51.0 Å². The third kappa shape index (κ3) is 3.52. The topological polar surface area (TPSA) is 23.6 Å². The van der Waals surface area contributed by atoms with Gasteiger partial charge in [0.2, 0.25) is 0 Å². The SMILES string of the molecule is Cc1cccc(C2(N3CCN(CC4CCCCC4)CC3)Cc3ccccc3C2=O)c1. The maximum atomic E-state index is 13.9. The minimum Gasteiger partial charge on any atom is -0.301 e. The molecule has 3 heteroatoms. The number of rotatable bonds is 4. The third-order valence-corrected chi connectivity index (χ3v) is 7.73. The Bertz CT molecular complexity index is 909. The third-order valence-electron chi connectivity index (χ3n) is 7.73. The molecule has 1 aliphatic heterocycles. The van der Waals surface area contributed by atoms with E-state index in [9.17, 15) is 4.79 Å². The van der Waals surface area contributed by atoms with E-state index in [1.807, 2.05) is 12.1 Å². The second kappa shape index (κ2) is 8.28. The predicted molar refractivity (Wildman–Crippen MR) is 122 cm³/mol. The van der Waals surface area contributed by atoms with Crippen LogP contribution >= 0.6 is 0 Å². The number of nitrogens with zero attached hydrogens (tertiary/aromatic N) is 2. The van der Waals surface area contributed by atoms with Gasteiger partial charge in [-0.1, -0.05) is 73.4 Å². The highest BCUT2D eigenvalue weighted by molar-refractivity contribution is 6.08. The van der Waals surface area contributed by atoms with Gasteiger partial charge in [-0.3, -0.25) is 9.69 Å². The fourth-order valence-electron chi connectivity index (χ4n) is 6.10. The first kappa shape index (κ1) is 20.0. The van der Waals surface area contributed by atoms with Crippen LogP contribution in [0.5, 0.6) is 0 Å². The summed E-state index contributed by atoms with van der Waals surface area (Å²) < 4.78 is 0. The van der Waals surface area contributed by atoms with Gasteiger partial charge in [-0.05, 0) is 36.8 Å². The molecule has 5 rings (SSSR count). The molecule has 0 aromatic heterocycles. The van der Waals surface area contributed by atoms with Crippen molar-refractivity contribution in [3.05, 3.63) is 70.8 Å². The lowest BCUT2D eigenvalue weighted by molar-refractivity contribution is 0.0258. The highest BCUT2D eigenvalue weighted by Crippen LogP contribution is 2.43. The smallest absolute Gasteiger partial charge is 0.188 e. The number of benzene rings is 2. The van der Waals surface area contributed by atoms with Gasteiger partial charge in [-0.2, -0.15) is 0 Å². The molecule has 0 bridgehead atoms. The van der Waals surface area contributed by atoms with E-state index in [0.717, 1.165) is 44.1 Å². The molecule has 1 atom stereocenters. The first-order valence-electron chi connectivity index (χ1n) is 11.8. The molecule has 158 valence electrons. The largest absolute Gasteiger partial charge is 0.301 e. The molecule has 3 aliphatic rings. The molecule has 30 heavy (non-hydrogen) atoms. The van der Waals surface area contributed by atoms with Gasteiger partial charge >= 0.3 is 0 Å². The van der Waals surface area contributed by atoms with E-state index in [2.05, 4.69) is 53.1 Å². The Labute approximate surface area is 181 Å². The monoisotopic (exact) mass is 402 g/mol. The molecule has 2 aromatic rings. The minimum atomic E-state index is -0.535. The van der Waals surface area contributed by atoms with E-state index >= 15 is 0 Å². The number of carbonyl (C=O) groups is 1. The molecule has 0 N–H and O–H groups in total. The Morgan fingerprint density at radius 1 is 0.933 bits per heavy atom. The average molecular weight is 403 g/mol. The molecule has 1 saturated heterocycles. The number of fused-ring (bicyclic) bond motifs is 1. The number of piperazine rings is 1. The van der Waals surface area contributed by atoms with E-state index in [1.165, 1.54) is 55.3 Å². The fraction of sp³-hybridized carbons (Fsp3) is 0.519. The number of aryl methyl sites for hydroxylation is 1. The molecule has 0 radical (unpaired) electrons. The fourth-order valence-corrected chi connectivity index (χ4v) is 6.10. The van der Waals surface area contributed by atoms with Crippen molar-refractivity contribution in [2.24, 2.45) is 5.92 Å². The molecule has 2 aromatic carbocycles. The summed E-state index contributed by atoms with van der Waals surface area (Å²) in [4.78, 5) is 19.0. The zero-order valence-corrected chi connectivity index (χ0v) is 18.3. The number of ketones is 1. The predicted octanol–water partition coefficient (Wildman–Crippen LogP) is 4.83. The van der Waals surface area contributed by atoms with Crippen LogP contribution in [0.1, 0.15) is 59.2 Å². The first-order chi connectivity index (χ1) is 14.7. The van der Waals surface area contributed by atoms with Crippen LogP contribution in [0.15, 0.2) is 48.5 Å². The van der Waals surface area contributed by atoms with Crippen molar-refractivity contribution in [3.63, 3.8) is 0 Å². The molecule has 1 heterocycles. The summed E-state index contributed by atoms with van der Waals surface area (Å²) in [6, 6.07) is 16.9. The Morgan fingerprint density at radius 3 is 2.43 bits per heavy atom. The normalized spacial score (nSPS) is 26.1. The molecule has 1 saturated carbocycles. The van der Waals surface area contributed by atoms with E-state index in [4.69, 9.17) is 0 Å². The van der Waals surface area contributed by atoms with Gasteiger partial charge in [0.1, 0.15) is 5.54 Å². The summed E-state index contributed by atoms with van der Waals surface area (Å²) in [5, 5.41) is 0. The number of Topliss-reactive ketones (excluding diaryl/α,β-unsaturated/α-hetero) is 1. The molecule has 2 fully saturated rings. The second-order valence-electron chi connectivity index (χ2n) is 9.68. The van der Waals surface area contributed by atoms with E-state index < -0.39 is 5.54 Å². The van der Waals surface area contributed by atoms with Crippen LogP contribution in [0.3, 0.4) is 0 Å². The van der Waals surface area contributed by atoms with Crippen molar-refractivity contribution < 1.29 is 4.79 Å². The summed E-state index contributed by atoms with van der Waals surface area (Å²) in [6.45, 7) is 7.48. The zero-order chi connectivity index (χ0) is 20.6. The van der Waals surface area contributed by atoms with Crippen molar-refractivity contribution in [1.82, 2.24) is 9.80 Å². The van der Waals surface area contributed by atoms with E-state index in [-0.39, 0.29) is 0 Å². The summed E-state index contributed by atoms with van der Waals surface area (Å²) in [5.41, 5.74) is 3.99. The van der Waals surface area contributed by atoms with Crippen LogP contribution in [0.25, 0.3) is 0 Å². The number of hydrogen-bond donors (Lipinski definition) is 0. The van der Waals surface area contributed by atoms with Gasteiger partial charge < -0.3 is 4.90 Å². The lowest BCUT2D eigenvalue weighted by Crippen LogP contribution is -2.58. The maximum Gasteiger partial charge on any atom is 0.188 e. The zero-order valence-electron chi connectivity index (χ0n) is 18.3. The van der Waals surface area contributed by atoms with Crippen molar-refractivity contribution in [1.29, 1.82) is 0 Å². The van der Waals surface area contributed by atoms with Gasteiger partial charge in [-0.15, -0.1) is 0 Å². The second-order valence-corrected chi connectivity index (χ2v) is 9.68. The Morgan fingerprint density at radius 2 is 1.70 bits per heavy atom. The molecule has 1 unspecified atom stereocenters. The Kier molecular flexibility index (Phi) is 5.51. The van der Waals surface area contributed by atoms with Gasteiger partial charge in [0.25, 0.3) is 0 Å². The Hall–Kier alpha value is -1.97.